The average molecular weight is 562 g/mol. The van der Waals surface area contributed by atoms with Crippen molar-refractivity contribution in [1.82, 2.24) is 14.5 Å². The summed E-state index contributed by atoms with van der Waals surface area (Å²) in [7, 11) is -1.83. The summed E-state index contributed by atoms with van der Waals surface area (Å²) in [6.07, 6.45) is 4.03. The molecule has 4 aromatic rings. The van der Waals surface area contributed by atoms with Crippen LogP contribution < -0.4 is 14.8 Å². The predicted octanol–water partition coefficient (Wildman–Crippen LogP) is 4.92. The van der Waals surface area contributed by atoms with E-state index in [9.17, 15) is 22.0 Å². The maximum Gasteiger partial charge on any atom is 0.257 e. The van der Waals surface area contributed by atoms with Crippen molar-refractivity contribution < 1.29 is 26.7 Å². The van der Waals surface area contributed by atoms with Crippen molar-refractivity contribution >= 4 is 38.9 Å². The number of amides is 1. The molecule has 2 aromatic heterocycles. The highest BCUT2D eigenvalue weighted by Crippen LogP contribution is 2.30. The molecule has 0 aliphatic heterocycles. The minimum absolute atomic E-state index is 0.134. The number of sulfonamides is 1. The Kier molecular flexibility index (Phi) is 7.65. The van der Waals surface area contributed by atoms with Gasteiger partial charge in [-0.05, 0) is 48.9 Å². The fraction of sp³-hybridized carbons (Fsp3) is 0.160. The quantitative estimate of drug-likeness (QED) is 0.315. The van der Waals surface area contributed by atoms with Crippen molar-refractivity contribution in [2.45, 2.75) is 13.5 Å². The standard InChI is InChI=1S/C25H22ClF2N5O4S/c1-14-29-11-23(37-13-15-4-18(27)9-19(28)5-15)24(30-14)22-6-16(12-33(22)2)25(34)31-20-7-17(26)8-21(10-20)32-38(3,35)36/h4-12,32H,13H2,1-3H3,(H,31,34). The number of aryl methyl sites for hydroxylation is 2. The van der Waals surface area contributed by atoms with Crippen LogP contribution in [0.4, 0.5) is 20.2 Å². The van der Waals surface area contributed by atoms with Crippen molar-refractivity contribution in [2.75, 3.05) is 16.3 Å². The van der Waals surface area contributed by atoms with E-state index in [2.05, 4.69) is 20.0 Å². The van der Waals surface area contributed by atoms with E-state index < -0.39 is 27.6 Å². The van der Waals surface area contributed by atoms with Gasteiger partial charge in [-0.2, -0.15) is 0 Å². The van der Waals surface area contributed by atoms with Gasteiger partial charge in [0.2, 0.25) is 10.0 Å². The number of aromatic nitrogens is 3. The Labute approximate surface area is 222 Å². The van der Waals surface area contributed by atoms with Crippen molar-refractivity contribution in [2.24, 2.45) is 7.05 Å². The Hall–Kier alpha value is -4.03. The molecule has 0 atom stereocenters. The van der Waals surface area contributed by atoms with E-state index in [1.165, 1.54) is 24.4 Å². The van der Waals surface area contributed by atoms with Crippen LogP contribution >= 0.6 is 11.6 Å². The monoisotopic (exact) mass is 561 g/mol. The molecule has 9 nitrogen and oxygen atoms in total. The average Bonchev–Trinajstić information content (AvgIpc) is 3.17. The second-order valence-electron chi connectivity index (χ2n) is 8.48. The fourth-order valence-electron chi connectivity index (χ4n) is 3.67. The van der Waals surface area contributed by atoms with Gasteiger partial charge >= 0.3 is 0 Å². The van der Waals surface area contributed by atoms with Gasteiger partial charge in [0.05, 0.1) is 29.4 Å². The van der Waals surface area contributed by atoms with E-state index in [-0.39, 0.29) is 39.9 Å². The first-order valence-electron chi connectivity index (χ1n) is 11.0. The molecule has 0 radical (unpaired) electrons. The molecule has 1 amide bonds. The zero-order valence-electron chi connectivity index (χ0n) is 20.4. The largest absolute Gasteiger partial charge is 0.485 e. The second kappa shape index (κ2) is 10.8. The molecule has 0 bridgehead atoms. The maximum atomic E-state index is 13.6. The molecule has 38 heavy (non-hydrogen) atoms. The van der Waals surface area contributed by atoms with Crippen LogP contribution in [0.5, 0.6) is 5.75 Å². The fourth-order valence-corrected chi connectivity index (χ4v) is 4.45. The van der Waals surface area contributed by atoms with Crippen molar-refractivity contribution in [3.05, 3.63) is 88.5 Å². The molecule has 0 spiro atoms. The molecule has 0 fully saturated rings. The summed E-state index contributed by atoms with van der Waals surface area (Å²) < 4.78 is 60.0. The first kappa shape index (κ1) is 27.0. The Bertz CT molecular complexity index is 1620. The minimum atomic E-state index is -3.54. The lowest BCUT2D eigenvalue weighted by molar-refractivity contribution is 0.102. The highest BCUT2D eigenvalue weighted by molar-refractivity contribution is 7.92. The summed E-state index contributed by atoms with van der Waals surface area (Å²) in [5.74, 6) is -1.23. The highest BCUT2D eigenvalue weighted by atomic mass is 35.5. The molecule has 2 heterocycles. The normalized spacial score (nSPS) is 11.3. The molecule has 2 aromatic carbocycles. The number of hydrogen-bond acceptors (Lipinski definition) is 6. The van der Waals surface area contributed by atoms with E-state index in [4.69, 9.17) is 16.3 Å². The number of nitrogens with one attached hydrogen (secondary N) is 2. The van der Waals surface area contributed by atoms with E-state index >= 15 is 0 Å². The van der Waals surface area contributed by atoms with Crippen LogP contribution in [0.15, 0.2) is 54.9 Å². The Morgan fingerprint density at radius 3 is 2.45 bits per heavy atom. The summed E-state index contributed by atoms with van der Waals surface area (Å²) in [6.45, 7) is 1.55. The zero-order valence-corrected chi connectivity index (χ0v) is 22.0. The molecule has 0 saturated heterocycles. The van der Waals surface area contributed by atoms with Crippen LogP contribution in [0.1, 0.15) is 21.7 Å². The van der Waals surface area contributed by atoms with Gasteiger partial charge in [-0.1, -0.05) is 11.6 Å². The van der Waals surface area contributed by atoms with Crippen LogP contribution in [0.2, 0.25) is 5.02 Å². The minimum Gasteiger partial charge on any atom is -0.485 e. The Morgan fingerprint density at radius 1 is 1.08 bits per heavy atom. The molecular weight excluding hydrogens is 540 g/mol. The Balaban J connectivity index is 1.59. The molecule has 0 aliphatic carbocycles. The Morgan fingerprint density at radius 2 is 1.76 bits per heavy atom. The third kappa shape index (κ3) is 6.84. The van der Waals surface area contributed by atoms with Gasteiger partial charge in [0, 0.05) is 30.0 Å². The lowest BCUT2D eigenvalue weighted by Crippen LogP contribution is -2.13. The zero-order chi connectivity index (χ0) is 27.6. The van der Waals surface area contributed by atoms with Crippen LogP contribution in [0.25, 0.3) is 11.4 Å². The van der Waals surface area contributed by atoms with Gasteiger partial charge in [0.15, 0.2) is 5.75 Å². The maximum absolute atomic E-state index is 13.6. The number of anilines is 2. The molecule has 2 N–H and O–H groups in total. The number of carbonyl (C=O) groups is 1. The first-order valence-corrected chi connectivity index (χ1v) is 13.3. The van der Waals surface area contributed by atoms with E-state index in [0.717, 1.165) is 24.5 Å². The second-order valence-corrected chi connectivity index (χ2v) is 10.7. The summed E-state index contributed by atoms with van der Waals surface area (Å²) in [5.41, 5.74) is 1.93. The van der Waals surface area contributed by atoms with Gasteiger partial charge in [0.1, 0.15) is 29.8 Å². The van der Waals surface area contributed by atoms with Gasteiger partial charge < -0.3 is 14.6 Å². The number of rotatable bonds is 8. The number of ether oxygens (including phenoxy) is 1. The molecule has 13 heteroatoms. The number of hydrogen-bond donors (Lipinski definition) is 2. The summed E-state index contributed by atoms with van der Waals surface area (Å²) in [4.78, 5) is 21.6. The number of benzene rings is 2. The molecule has 0 unspecified atom stereocenters. The van der Waals surface area contributed by atoms with Crippen LogP contribution in [-0.4, -0.2) is 35.1 Å². The van der Waals surface area contributed by atoms with Crippen LogP contribution in [0.3, 0.4) is 0 Å². The van der Waals surface area contributed by atoms with Gasteiger partial charge in [0.25, 0.3) is 5.91 Å². The molecule has 0 saturated carbocycles. The van der Waals surface area contributed by atoms with E-state index in [0.29, 0.717) is 17.2 Å². The lowest BCUT2D eigenvalue weighted by atomic mass is 10.2. The third-order valence-corrected chi connectivity index (χ3v) is 5.99. The molecular formula is C25H22ClF2N5O4S. The van der Waals surface area contributed by atoms with Crippen molar-refractivity contribution in [3.8, 4) is 17.1 Å². The number of carbonyl (C=O) groups excluding carboxylic acids is 1. The summed E-state index contributed by atoms with van der Waals surface area (Å²) >= 11 is 6.08. The topological polar surface area (TPSA) is 115 Å². The molecule has 198 valence electrons. The van der Waals surface area contributed by atoms with Crippen molar-refractivity contribution in [1.29, 1.82) is 0 Å². The summed E-state index contributed by atoms with van der Waals surface area (Å²) in [6, 6.07) is 9.01. The highest BCUT2D eigenvalue weighted by Gasteiger charge is 2.18. The first-order chi connectivity index (χ1) is 17.9. The van der Waals surface area contributed by atoms with E-state index in [1.54, 1.807) is 30.8 Å². The number of halogens is 3. The number of nitrogens with zero attached hydrogens (tertiary/aromatic N) is 3. The molecule has 4 rings (SSSR count). The molecule has 0 aliphatic rings. The van der Waals surface area contributed by atoms with E-state index in [1.807, 2.05) is 0 Å². The van der Waals surface area contributed by atoms with Gasteiger partial charge in [-0.15, -0.1) is 0 Å². The SMILES string of the molecule is Cc1ncc(OCc2cc(F)cc(F)c2)c(-c2cc(C(=O)Nc3cc(Cl)cc(NS(C)(=O)=O)c3)cn2C)n1. The predicted molar refractivity (Wildman–Crippen MR) is 140 cm³/mol. The lowest BCUT2D eigenvalue weighted by Gasteiger charge is -2.12. The smallest absolute Gasteiger partial charge is 0.257 e. The van der Waals surface area contributed by atoms with Crippen LogP contribution in [0, 0.1) is 18.6 Å². The third-order valence-electron chi connectivity index (χ3n) is 5.16. The van der Waals surface area contributed by atoms with Crippen LogP contribution in [-0.2, 0) is 23.7 Å². The van der Waals surface area contributed by atoms with Gasteiger partial charge in [-0.3, -0.25) is 9.52 Å². The van der Waals surface area contributed by atoms with Gasteiger partial charge in [-0.25, -0.2) is 27.2 Å². The van der Waals surface area contributed by atoms with Crippen molar-refractivity contribution in [3.63, 3.8) is 0 Å². The summed E-state index contributed by atoms with van der Waals surface area (Å²) in [5, 5.41) is 2.92.